The van der Waals surface area contributed by atoms with Gasteiger partial charge in [0.25, 0.3) is 0 Å². The van der Waals surface area contributed by atoms with Crippen LogP contribution in [0.2, 0.25) is 0 Å². The third-order valence-electron chi connectivity index (χ3n) is 1.82. The van der Waals surface area contributed by atoms with E-state index in [1.165, 1.54) is 17.6 Å². The summed E-state index contributed by atoms with van der Waals surface area (Å²) in [6.07, 6.45) is 3.15. The maximum atomic E-state index is 11.6. The first-order valence-corrected chi connectivity index (χ1v) is 5.29. The first-order chi connectivity index (χ1) is 7.27. The number of nitrogens with zero attached hydrogens (tertiary/aromatic N) is 2. The Morgan fingerprint density at radius 1 is 1.60 bits per heavy atom. The number of rotatable bonds is 1. The van der Waals surface area contributed by atoms with Gasteiger partial charge in [-0.1, -0.05) is 0 Å². The fourth-order valence-corrected chi connectivity index (χ4v) is 1.79. The molecule has 0 unspecified atom stereocenters. The van der Waals surface area contributed by atoms with E-state index in [2.05, 4.69) is 4.99 Å². The molecule has 0 aliphatic carbocycles. The highest BCUT2D eigenvalue weighted by Gasteiger charge is 2.13. The lowest BCUT2D eigenvalue weighted by molar-refractivity contribution is -0.119. The number of aryl methyl sites for hydroxylation is 1. The molecule has 0 N–H and O–H groups in total. The van der Waals surface area contributed by atoms with Crippen LogP contribution in [-0.2, 0) is 21.3 Å². The molecule has 0 aromatic carbocycles. The van der Waals surface area contributed by atoms with Crippen molar-refractivity contribution in [1.82, 2.24) is 4.57 Å². The SMILES string of the molecule is Cn1ccsc1=NC(=O)C1=COCCO1. The molecule has 1 aliphatic heterocycles. The van der Waals surface area contributed by atoms with Crippen LogP contribution in [0.3, 0.4) is 0 Å². The predicted molar refractivity (Wildman–Crippen MR) is 53.8 cm³/mol. The lowest BCUT2D eigenvalue weighted by atomic mass is 10.5. The van der Waals surface area contributed by atoms with Gasteiger partial charge in [-0.25, -0.2) is 0 Å². The van der Waals surface area contributed by atoms with E-state index in [0.29, 0.717) is 18.0 Å². The summed E-state index contributed by atoms with van der Waals surface area (Å²) in [7, 11) is 1.83. The van der Waals surface area contributed by atoms with E-state index < -0.39 is 5.91 Å². The van der Waals surface area contributed by atoms with Crippen LogP contribution in [0.25, 0.3) is 0 Å². The van der Waals surface area contributed by atoms with Crippen molar-refractivity contribution >= 4 is 17.2 Å². The standard InChI is InChI=1S/C9H10N2O3S/c1-11-2-5-15-9(11)10-8(12)7-6-13-3-4-14-7/h2,5-6H,3-4H2,1H3. The molecule has 1 amide bonds. The molecule has 2 heterocycles. The Morgan fingerprint density at radius 2 is 2.47 bits per heavy atom. The third kappa shape index (κ3) is 2.27. The van der Waals surface area contributed by atoms with E-state index in [4.69, 9.17) is 9.47 Å². The second kappa shape index (κ2) is 4.31. The number of ether oxygens (including phenoxy) is 2. The van der Waals surface area contributed by atoms with Gasteiger partial charge in [-0.3, -0.25) is 4.79 Å². The highest BCUT2D eigenvalue weighted by molar-refractivity contribution is 7.07. The zero-order valence-corrected chi connectivity index (χ0v) is 8.99. The van der Waals surface area contributed by atoms with Crippen LogP contribution in [0.1, 0.15) is 0 Å². The van der Waals surface area contributed by atoms with Gasteiger partial charge in [-0.05, 0) is 0 Å². The Labute approximate surface area is 90.3 Å². The van der Waals surface area contributed by atoms with Gasteiger partial charge < -0.3 is 14.0 Å². The van der Waals surface area contributed by atoms with Crippen molar-refractivity contribution in [3.8, 4) is 0 Å². The molecule has 0 spiro atoms. The average molecular weight is 226 g/mol. The summed E-state index contributed by atoms with van der Waals surface area (Å²) < 4.78 is 11.9. The summed E-state index contributed by atoms with van der Waals surface area (Å²) >= 11 is 1.39. The molecule has 6 heteroatoms. The minimum Gasteiger partial charge on any atom is -0.494 e. The number of amides is 1. The van der Waals surface area contributed by atoms with Gasteiger partial charge in [-0.2, -0.15) is 4.99 Å². The molecule has 0 radical (unpaired) electrons. The summed E-state index contributed by atoms with van der Waals surface area (Å²) in [5.74, 6) is -0.248. The number of carbonyl (C=O) groups is 1. The predicted octanol–water partition coefficient (Wildman–Crippen LogP) is 0.402. The van der Waals surface area contributed by atoms with Gasteiger partial charge >= 0.3 is 5.91 Å². The summed E-state index contributed by atoms with van der Waals surface area (Å²) in [5, 5.41) is 1.86. The third-order valence-corrected chi connectivity index (χ3v) is 2.66. The molecule has 0 fully saturated rings. The van der Waals surface area contributed by atoms with Gasteiger partial charge in [0.2, 0.25) is 5.76 Å². The molecule has 0 atom stereocenters. The first-order valence-electron chi connectivity index (χ1n) is 4.41. The second-order valence-corrected chi connectivity index (χ2v) is 3.79. The number of hydrogen-bond acceptors (Lipinski definition) is 4. The molecule has 1 aromatic heterocycles. The van der Waals surface area contributed by atoms with E-state index in [1.807, 2.05) is 18.6 Å². The van der Waals surface area contributed by atoms with Crippen molar-refractivity contribution in [2.45, 2.75) is 0 Å². The molecule has 2 rings (SSSR count). The van der Waals surface area contributed by atoms with E-state index in [1.54, 1.807) is 4.57 Å². The quantitative estimate of drug-likeness (QED) is 0.696. The Morgan fingerprint density at radius 3 is 3.07 bits per heavy atom. The molecule has 80 valence electrons. The molecule has 0 saturated carbocycles. The van der Waals surface area contributed by atoms with Crippen molar-refractivity contribution in [3.63, 3.8) is 0 Å². The molecule has 1 aliphatic rings. The minimum atomic E-state index is -0.409. The van der Waals surface area contributed by atoms with Crippen LogP contribution in [-0.4, -0.2) is 23.7 Å². The highest BCUT2D eigenvalue weighted by atomic mass is 32.1. The van der Waals surface area contributed by atoms with Crippen molar-refractivity contribution in [3.05, 3.63) is 28.4 Å². The summed E-state index contributed by atoms with van der Waals surface area (Å²) in [4.78, 5) is 16.1. The summed E-state index contributed by atoms with van der Waals surface area (Å²) in [6, 6.07) is 0. The van der Waals surface area contributed by atoms with E-state index in [0.717, 1.165) is 0 Å². The van der Waals surface area contributed by atoms with Crippen LogP contribution < -0.4 is 4.80 Å². The van der Waals surface area contributed by atoms with Crippen molar-refractivity contribution in [1.29, 1.82) is 0 Å². The van der Waals surface area contributed by atoms with Crippen molar-refractivity contribution in [2.24, 2.45) is 12.0 Å². The molecule has 0 saturated heterocycles. The number of hydrogen-bond donors (Lipinski definition) is 0. The lowest BCUT2D eigenvalue weighted by Gasteiger charge is -2.12. The number of aromatic nitrogens is 1. The average Bonchev–Trinajstić information content (AvgIpc) is 2.66. The first kappa shape index (κ1) is 9.97. The summed E-state index contributed by atoms with van der Waals surface area (Å²) in [5.41, 5.74) is 0. The molecule has 5 nitrogen and oxygen atoms in total. The minimum absolute atomic E-state index is 0.162. The van der Waals surface area contributed by atoms with E-state index in [-0.39, 0.29) is 5.76 Å². The Balaban J connectivity index is 2.23. The molecule has 0 bridgehead atoms. The van der Waals surface area contributed by atoms with Gasteiger partial charge in [0.15, 0.2) is 4.80 Å². The van der Waals surface area contributed by atoms with E-state index >= 15 is 0 Å². The van der Waals surface area contributed by atoms with Gasteiger partial charge in [-0.15, -0.1) is 11.3 Å². The normalized spacial score (nSPS) is 16.6. The van der Waals surface area contributed by atoms with Crippen LogP contribution in [0, 0.1) is 0 Å². The topological polar surface area (TPSA) is 52.8 Å². The van der Waals surface area contributed by atoms with E-state index in [9.17, 15) is 4.79 Å². The van der Waals surface area contributed by atoms with Gasteiger partial charge in [0.1, 0.15) is 19.5 Å². The van der Waals surface area contributed by atoms with Crippen LogP contribution in [0.15, 0.2) is 28.6 Å². The monoisotopic (exact) mass is 226 g/mol. The maximum absolute atomic E-state index is 11.6. The smallest absolute Gasteiger partial charge is 0.317 e. The summed E-state index contributed by atoms with van der Waals surface area (Å²) in [6.45, 7) is 0.868. The lowest BCUT2D eigenvalue weighted by Crippen LogP contribution is -2.18. The Kier molecular flexibility index (Phi) is 2.86. The Bertz CT molecular complexity index is 458. The van der Waals surface area contributed by atoms with Crippen molar-refractivity contribution < 1.29 is 14.3 Å². The van der Waals surface area contributed by atoms with Crippen molar-refractivity contribution in [2.75, 3.05) is 13.2 Å². The van der Waals surface area contributed by atoms with Gasteiger partial charge in [0, 0.05) is 18.6 Å². The highest BCUT2D eigenvalue weighted by Crippen LogP contribution is 2.05. The fraction of sp³-hybridized carbons (Fsp3) is 0.333. The molecule has 1 aromatic rings. The Hall–Kier alpha value is -1.56. The number of thiazole rings is 1. The fourth-order valence-electron chi connectivity index (χ4n) is 1.06. The largest absolute Gasteiger partial charge is 0.494 e. The molecular weight excluding hydrogens is 216 g/mol. The maximum Gasteiger partial charge on any atom is 0.317 e. The molecular formula is C9H10N2O3S. The van der Waals surface area contributed by atoms with Crippen LogP contribution in [0.4, 0.5) is 0 Å². The van der Waals surface area contributed by atoms with Gasteiger partial charge in [0.05, 0.1) is 0 Å². The zero-order chi connectivity index (χ0) is 10.7. The van der Waals surface area contributed by atoms with Crippen LogP contribution >= 0.6 is 11.3 Å². The zero-order valence-electron chi connectivity index (χ0n) is 8.17. The van der Waals surface area contributed by atoms with Crippen LogP contribution in [0.5, 0.6) is 0 Å². The molecule has 15 heavy (non-hydrogen) atoms. The number of carbonyl (C=O) groups excluding carboxylic acids is 1. The second-order valence-electron chi connectivity index (χ2n) is 2.91.